The van der Waals surface area contributed by atoms with Crippen LogP contribution in [0.3, 0.4) is 0 Å². The summed E-state index contributed by atoms with van der Waals surface area (Å²) in [7, 11) is 0. The fraction of sp³-hybridized carbons (Fsp3) is 0.385. The highest BCUT2D eigenvalue weighted by Gasteiger charge is 2.19. The highest BCUT2D eigenvalue weighted by molar-refractivity contribution is 6.39. The monoisotopic (exact) mass is 266 g/mol. The van der Waals surface area contributed by atoms with Crippen LogP contribution >= 0.6 is 0 Å². The minimum absolute atomic E-state index is 0.0115. The van der Waals surface area contributed by atoms with Crippen molar-refractivity contribution in [2.45, 2.75) is 18.9 Å². The number of carbonyl (C=O) groups is 2. The molecule has 0 spiro atoms. The highest BCUT2D eigenvalue weighted by atomic mass is 19.1. The molecule has 0 aromatic heterocycles. The number of hydrogen-bond donors (Lipinski definition) is 2. The maximum Gasteiger partial charge on any atom is 0.313 e. The Morgan fingerprint density at radius 2 is 2.00 bits per heavy atom. The van der Waals surface area contributed by atoms with Gasteiger partial charge in [-0.2, -0.15) is 0 Å². The van der Waals surface area contributed by atoms with E-state index >= 15 is 0 Å². The van der Waals surface area contributed by atoms with Crippen LogP contribution in [0.4, 0.5) is 10.1 Å². The quantitative estimate of drug-likeness (QED) is 0.804. The molecule has 0 radical (unpaired) electrons. The third-order valence-electron chi connectivity index (χ3n) is 2.82. The average Bonchev–Trinajstić information content (AvgIpc) is 2.91. The number of amides is 2. The van der Waals surface area contributed by atoms with Crippen LogP contribution in [-0.2, 0) is 14.3 Å². The Kier molecular flexibility index (Phi) is 4.46. The predicted octanol–water partition coefficient (Wildman–Crippen LogP) is 1.06. The van der Waals surface area contributed by atoms with E-state index in [0.717, 1.165) is 12.8 Å². The van der Waals surface area contributed by atoms with Gasteiger partial charge in [0.15, 0.2) is 0 Å². The second-order valence-electron chi connectivity index (χ2n) is 4.31. The van der Waals surface area contributed by atoms with Gasteiger partial charge in [0.25, 0.3) is 0 Å². The van der Waals surface area contributed by atoms with Gasteiger partial charge >= 0.3 is 11.8 Å². The van der Waals surface area contributed by atoms with Crippen LogP contribution in [0, 0.1) is 5.82 Å². The van der Waals surface area contributed by atoms with Crippen molar-refractivity contribution in [2.24, 2.45) is 0 Å². The third-order valence-corrected chi connectivity index (χ3v) is 2.82. The van der Waals surface area contributed by atoms with E-state index in [4.69, 9.17) is 4.74 Å². The molecule has 1 aromatic rings. The molecule has 0 unspecified atom stereocenters. The van der Waals surface area contributed by atoms with Gasteiger partial charge in [0.1, 0.15) is 5.82 Å². The number of anilines is 1. The van der Waals surface area contributed by atoms with Crippen molar-refractivity contribution < 1.29 is 18.7 Å². The van der Waals surface area contributed by atoms with Gasteiger partial charge in [0.05, 0.1) is 6.10 Å². The van der Waals surface area contributed by atoms with Crippen LogP contribution in [0.15, 0.2) is 24.3 Å². The summed E-state index contributed by atoms with van der Waals surface area (Å²) in [5.74, 6) is -1.90. The van der Waals surface area contributed by atoms with Crippen LogP contribution < -0.4 is 10.6 Å². The molecule has 2 N–H and O–H groups in total. The van der Waals surface area contributed by atoms with E-state index in [9.17, 15) is 14.0 Å². The van der Waals surface area contributed by atoms with Gasteiger partial charge in [-0.25, -0.2) is 4.39 Å². The molecule has 6 heteroatoms. The van der Waals surface area contributed by atoms with E-state index in [1.807, 2.05) is 0 Å². The first-order chi connectivity index (χ1) is 9.15. The van der Waals surface area contributed by atoms with E-state index in [0.29, 0.717) is 18.8 Å². The Morgan fingerprint density at radius 3 is 2.63 bits per heavy atom. The molecule has 102 valence electrons. The molecule has 1 aliphatic heterocycles. The lowest BCUT2D eigenvalue weighted by Gasteiger charge is -2.10. The number of rotatable bonds is 3. The predicted molar refractivity (Wildman–Crippen MR) is 67.0 cm³/mol. The molecule has 1 atom stereocenters. The van der Waals surface area contributed by atoms with Crippen molar-refractivity contribution in [3.63, 3.8) is 0 Å². The molecule has 0 aliphatic carbocycles. The second-order valence-corrected chi connectivity index (χ2v) is 4.31. The lowest BCUT2D eigenvalue weighted by molar-refractivity contribution is -0.136. The smallest absolute Gasteiger partial charge is 0.313 e. The van der Waals surface area contributed by atoms with Gasteiger partial charge in [-0.1, -0.05) is 0 Å². The van der Waals surface area contributed by atoms with Crippen molar-refractivity contribution in [3.8, 4) is 0 Å². The lowest BCUT2D eigenvalue weighted by atomic mass is 10.2. The van der Waals surface area contributed by atoms with E-state index in [2.05, 4.69) is 10.6 Å². The number of halogens is 1. The van der Waals surface area contributed by atoms with E-state index in [1.165, 1.54) is 24.3 Å². The minimum Gasteiger partial charge on any atom is -0.376 e. The topological polar surface area (TPSA) is 67.4 Å². The lowest BCUT2D eigenvalue weighted by Crippen LogP contribution is -2.39. The summed E-state index contributed by atoms with van der Waals surface area (Å²) in [5.41, 5.74) is 0.374. The number of nitrogens with one attached hydrogen (secondary N) is 2. The van der Waals surface area contributed by atoms with Crippen LogP contribution in [0.1, 0.15) is 12.8 Å². The van der Waals surface area contributed by atoms with Gasteiger partial charge in [-0.05, 0) is 37.1 Å². The zero-order chi connectivity index (χ0) is 13.7. The standard InChI is InChI=1S/C13H15FN2O3/c14-9-3-5-10(6-4-9)16-13(18)12(17)15-8-11-2-1-7-19-11/h3-6,11H,1-2,7-8H2,(H,15,17)(H,16,18)/t11-/m0/s1. The van der Waals surface area contributed by atoms with Crippen molar-refractivity contribution >= 4 is 17.5 Å². The number of benzene rings is 1. The number of ether oxygens (including phenoxy) is 1. The zero-order valence-electron chi connectivity index (χ0n) is 10.3. The highest BCUT2D eigenvalue weighted by Crippen LogP contribution is 2.10. The molecule has 1 aromatic carbocycles. The first kappa shape index (κ1) is 13.5. The first-order valence-electron chi connectivity index (χ1n) is 6.11. The number of hydrogen-bond acceptors (Lipinski definition) is 3. The Bertz CT molecular complexity index is 455. The molecule has 1 aliphatic rings. The summed E-state index contributed by atoms with van der Waals surface area (Å²) < 4.78 is 18.0. The van der Waals surface area contributed by atoms with Crippen LogP contribution in [0.25, 0.3) is 0 Å². The summed E-state index contributed by atoms with van der Waals surface area (Å²) in [4.78, 5) is 23.1. The molecular weight excluding hydrogens is 251 g/mol. The summed E-state index contributed by atoms with van der Waals surface area (Å²) in [5, 5.41) is 4.89. The Labute approximate surface area is 110 Å². The fourth-order valence-electron chi connectivity index (χ4n) is 1.81. The van der Waals surface area contributed by atoms with E-state index < -0.39 is 17.6 Å². The Morgan fingerprint density at radius 1 is 1.26 bits per heavy atom. The maximum absolute atomic E-state index is 12.7. The largest absolute Gasteiger partial charge is 0.376 e. The molecule has 19 heavy (non-hydrogen) atoms. The zero-order valence-corrected chi connectivity index (χ0v) is 10.3. The van der Waals surface area contributed by atoms with Crippen LogP contribution in [0.2, 0.25) is 0 Å². The van der Waals surface area contributed by atoms with Crippen LogP contribution in [-0.4, -0.2) is 31.1 Å². The van der Waals surface area contributed by atoms with E-state index in [-0.39, 0.29) is 6.10 Å². The molecule has 0 saturated carbocycles. The van der Waals surface area contributed by atoms with Crippen molar-refractivity contribution in [2.75, 3.05) is 18.5 Å². The normalized spacial score (nSPS) is 18.1. The maximum atomic E-state index is 12.7. The molecule has 0 bridgehead atoms. The van der Waals surface area contributed by atoms with Crippen molar-refractivity contribution in [1.82, 2.24) is 5.32 Å². The molecule has 1 saturated heterocycles. The molecular formula is C13H15FN2O3. The van der Waals surface area contributed by atoms with Gasteiger partial charge in [0.2, 0.25) is 0 Å². The molecule has 1 fully saturated rings. The third kappa shape index (κ3) is 4.03. The van der Waals surface area contributed by atoms with Crippen LogP contribution in [0.5, 0.6) is 0 Å². The van der Waals surface area contributed by atoms with Crippen molar-refractivity contribution in [3.05, 3.63) is 30.1 Å². The number of carbonyl (C=O) groups excluding carboxylic acids is 2. The first-order valence-corrected chi connectivity index (χ1v) is 6.11. The van der Waals surface area contributed by atoms with Gasteiger partial charge < -0.3 is 15.4 Å². The van der Waals surface area contributed by atoms with Gasteiger partial charge in [-0.15, -0.1) is 0 Å². The second kappa shape index (κ2) is 6.29. The SMILES string of the molecule is O=C(NC[C@@H]1CCCO1)C(=O)Nc1ccc(F)cc1. The van der Waals surface area contributed by atoms with E-state index in [1.54, 1.807) is 0 Å². The minimum atomic E-state index is -0.774. The van der Waals surface area contributed by atoms with Crippen molar-refractivity contribution in [1.29, 1.82) is 0 Å². The van der Waals surface area contributed by atoms with Gasteiger partial charge in [0, 0.05) is 18.8 Å². The van der Waals surface area contributed by atoms with Gasteiger partial charge in [-0.3, -0.25) is 9.59 Å². The Balaban J connectivity index is 1.78. The summed E-state index contributed by atoms with van der Waals surface area (Å²) in [6.07, 6.45) is 1.85. The summed E-state index contributed by atoms with van der Waals surface area (Å²) in [6.45, 7) is 1.03. The molecule has 5 nitrogen and oxygen atoms in total. The summed E-state index contributed by atoms with van der Waals surface area (Å²) >= 11 is 0. The fourth-order valence-corrected chi connectivity index (χ4v) is 1.81. The molecule has 2 amide bonds. The Hall–Kier alpha value is -1.95. The molecule has 2 rings (SSSR count). The molecule has 1 heterocycles. The average molecular weight is 266 g/mol. The summed E-state index contributed by atoms with van der Waals surface area (Å²) in [6, 6.07) is 5.20.